The van der Waals surface area contributed by atoms with Crippen molar-refractivity contribution in [2.24, 2.45) is 5.73 Å². The zero-order valence-corrected chi connectivity index (χ0v) is 8.76. The molecule has 0 saturated carbocycles. The number of hydrogen-bond acceptors (Lipinski definition) is 2. The minimum absolute atomic E-state index is 0.107. The molecular formula is C13H15NO. The van der Waals surface area contributed by atoms with Crippen molar-refractivity contribution in [2.75, 3.05) is 7.11 Å². The fourth-order valence-corrected chi connectivity index (χ4v) is 1.89. The molecule has 78 valence electrons. The first-order valence-electron chi connectivity index (χ1n) is 5.00. The van der Waals surface area contributed by atoms with E-state index in [1.54, 1.807) is 7.11 Å². The summed E-state index contributed by atoms with van der Waals surface area (Å²) in [5, 5.41) is 0. The van der Waals surface area contributed by atoms with Gasteiger partial charge < -0.3 is 10.5 Å². The van der Waals surface area contributed by atoms with Crippen molar-refractivity contribution < 1.29 is 4.74 Å². The molecule has 2 N–H and O–H groups in total. The Morgan fingerprint density at radius 3 is 2.60 bits per heavy atom. The van der Waals surface area contributed by atoms with E-state index in [1.165, 1.54) is 0 Å². The molecule has 2 rings (SSSR count). The summed E-state index contributed by atoms with van der Waals surface area (Å²) in [6.07, 6.45) is 7.78. The van der Waals surface area contributed by atoms with Crippen LogP contribution in [0.4, 0.5) is 0 Å². The molecular weight excluding hydrogens is 186 g/mol. The molecule has 0 aliphatic heterocycles. The van der Waals surface area contributed by atoms with Crippen molar-refractivity contribution in [3.05, 3.63) is 60.2 Å². The summed E-state index contributed by atoms with van der Waals surface area (Å²) < 4.78 is 5.40. The van der Waals surface area contributed by atoms with E-state index in [0.717, 1.165) is 5.56 Å². The maximum absolute atomic E-state index is 6.37. The zero-order chi connectivity index (χ0) is 10.7. The van der Waals surface area contributed by atoms with Gasteiger partial charge in [-0.15, -0.1) is 0 Å². The van der Waals surface area contributed by atoms with Gasteiger partial charge in [0, 0.05) is 7.11 Å². The van der Waals surface area contributed by atoms with E-state index in [-0.39, 0.29) is 6.10 Å². The summed E-state index contributed by atoms with van der Waals surface area (Å²) in [6.45, 7) is 0. The normalized spacial score (nSPS) is 29.3. The lowest BCUT2D eigenvalue weighted by Gasteiger charge is -2.34. The molecule has 0 saturated heterocycles. The van der Waals surface area contributed by atoms with Crippen molar-refractivity contribution in [1.29, 1.82) is 0 Å². The first-order valence-corrected chi connectivity index (χ1v) is 5.00. The lowest BCUT2D eigenvalue weighted by Crippen LogP contribution is -2.47. The number of rotatable bonds is 2. The number of ether oxygens (including phenoxy) is 1. The molecule has 1 aliphatic carbocycles. The van der Waals surface area contributed by atoms with Gasteiger partial charge in [0.05, 0.1) is 5.54 Å². The Balaban J connectivity index is 2.41. The Kier molecular flexibility index (Phi) is 2.71. The minimum Gasteiger partial charge on any atom is -0.375 e. The fraction of sp³-hybridized carbons (Fsp3) is 0.231. The Labute approximate surface area is 90.1 Å². The predicted octanol–water partition coefficient (Wildman–Crippen LogP) is 1.98. The summed E-state index contributed by atoms with van der Waals surface area (Å²) in [5.41, 5.74) is 6.89. The SMILES string of the molecule is CO[C@H]1C=CC=C[C@]1(N)c1ccccc1. The summed E-state index contributed by atoms with van der Waals surface area (Å²) >= 11 is 0. The molecule has 15 heavy (non-hydrogen) atoms. The number of hydrogen-bond donors (Lipinski definition) is 1. The first kappa shape index (κ1) is 10.1. The lowest BCUT2D eigenvalue weighted by atomic mass is 9.82. The summed E-state index contributed by atoms with van der Waals surface area (Å²) in [4.78, 5) is 0. The van der Waals surface area contributed by atoms with E-state index < -0.39 is 5.54 Å². The Bertz CT molecular complexity index is 383. The van der Waals surface area contributed by atoms with Crippen LogP contribution in [0.3, 0.4) is 0 Å². The molecule has 0 unspecified atom stereocenters. The van der Waals surface area contributed by atoms with Crippen LogP contribution in [0, 0.1) is 0 Å². The highest BCUT2D eigenvalue weighted by Gasteiger charge is 2.33. The van der Waals surface area contributed by atoms with Gasteiger partial charge >= 0.3 is 0 Å². The van der Waals surface area contributed by atoms with Crippen LogP contribution in [0.5, 0.6) is 0 Å². The lowest BCUT2D eigenvalue weighted by molar-refractivity contribution is 0.0889. The molecule has 0 fully saturated rings. The van der Waals surface area contributed by atoms with Gasteiger partial charge in [0.2, 0.25) is 0 Å². The average Bonchev–Trinajstić information content (AvgIpc) is 2.31. The van der Waals surface area contributed by atoms with Crippen LogP contribution >= 0.6 is 0 Å². The third-order valence-electron chi connectivity index (χ3n) is 2.77. The number of benzene rings is 1. The van der Waals surface area contributed by atoms with E-state index in [2.05, 4.69) is 0 Å². The largest absolute Gasteiger partial charge is 0.375 e. The molecule has 1 aliphatic rings. The third-order valence-corrected chi connectivity index (χ3v) is 2.77. The van der Waals surface area contributed by atoms with E-state index >= 15 is 0 Å². The number of nitrogens with two attached hydrogens (primary N) is 1. The molecule has 0 aromatic heterocycles. The smallest absolute Gasteiger partial charge is 0.101 e. The maximum atomic E-state index is 6.37. The van der Waals surface area contributed by atoms with Gasteiger partial charge in [0.15, 0.2) is 0 Å². The number of allylic oxidation sites excluding steroid dienone is 2. The molecule has 2 atom stereocenters. The van der Waals surface area contributed by atoms with Crippen LogP contribution in [0.1, 0.15) is 5.56 Å². The van der Waals surface area contributed by atoms with E-state index in [1.807, 2.05) is 54.6 Å². The third kappa shape index (κ3) is 1.74. The maximum Gasteiger partial charge on any atom is 0.101 e. The van der Waals surface area contributed by atoms with E-state index in [4.69, 9.17) is 10.5 Å². The van der Waals surface area contributed by atoms with Crippen molar-refractivity contribution in [1.82, 2.24) is 0 Å². The summed E-state index contributed by atoms with van der Waals surface area (Å²) in [5.74, 6) is 0. The van der Waals surface area contributed by atoms with Crippen molar-refractivity contribution >= 4 is 0 Å². The van der Waals surface area contributed by atoms with Gasteiger partial charge in [-0.2, -0.15) is 0 Å². The molecule has 0 heterocycles. The molecule has 0 radical (unpaired) electrons. The molecule has 0 amide bonds. The molecule has 2 heteroatoms. The topological polar surface area (TPSA) is 35.2 Å². The molecule has 0 bridgehead atoms. The van der Waals surface area contributed by atoms with Crippen LogP contribution in [-0.2, 0) is 10.3 Å². The summed E-state index contributed by atoms with van der Waals surface area (Å²) in [6, 6.07) is 10.0. The van der Waals surface area contributed by atoms with Crippen LogP contribution in [0.15, 0.2) is 54.6 Å². The second kappa shape index (κ2) is 4.01. The zero-order valence-electron chi connectivity index (χ0n) is 8.76. The van der Waals surface area contributed by atoms with Crippen LogP contribution < -0.4 is 5.73 Å². The molecule has 1 aromatic rings. The first-order chi connectivity index (χ1) is 7.27. The fourth-order valence-electron chi connectivity index (χ4n) is 1.89. The van der Waals surface area contributed by atoms with Gasteiger partial charge in [-0.25, -0.2) is 0 Å². The predicted molar refractivity (Wildman–Crippen MR) is 61.4 cm³/mol. The Morgan fingerprint density at radius 1 is 1.20 bits per heavy atom. The van der Waals surface area contributed by atoms with Gasteiger partial charge in [0.25, 0.3) is 0 Å². The van der Waals surface area contributed by atoms with Gasteiger partial charge in [-0.05, 0) is 5.56 Å². The van der Waals surface area contributed by atoms with Crippen LogP contribution in [0.25, 0.3) is 0 Å². The highest BCUT2D eigenvalue weighted by atomic mass is 16.5. The Hall–Kier alpha value is -1.38. The quantitative estimate of drug-likeness (QED) is 0.794. The van der Waals surface area contributed by atoms with Gasteiger partial charge in [-0.1, -0.05) is 54.6 Å². The van der Waals surface area contributed by atoms with Gasteiger partial charge in [0.1, 0.15) is 6.10 Å². The Morgan fingerprint density at radius 2 is 1.93 bits per heavy atom. The highest BCUT2D eigenvalue weighted by molar-refractivity contribution is 5.37. The van der Waals surface area contributed by atoms with Crippen molar-refractivity contribution in [3.63, 3.8) is 0 Å². The summed E-state index contributed by atoms with van der Waals surface area (Å²) in [7, 11) is 1.68. The second-order valence-corrected chi connectivity index (χ2v) is 3.70. The molecule has 0 spiro atoms. The molecule has 2 nitrogen and oxygen atoms in total. The van der Waals surface area contributed by atoms with E-state index in [0.29, 0.717) is 0 Å². The average molecular weight is 201 g/mol. The van der Waals surface area contributed by atoms with Crippen LogP contribution in [0.2, 0.25) is 0 Å². The monoisotopic (exact) mass is 201 g/mol. The van der Waals surface area contributed by atoms with E-state index in [9.17, 15) is 0 Å². The second-order valence-electron chi connectivity index (χ2n) is 3.70. The minimum atomic E-state index is -0.551. The molecule has 1 aromatic carbocycles. The van der Waals surface area contributed by atoms with Crippen molar-refractivity contribution in [2.45, 2.75) is 11.6 Å². The standard InChI is InChI=1S/C13H15NO/c1-15-12-9-5-6-10-13(12,14)11-7-3-2-4-8-11/h2-10,12H,14H2,1H3/t12-,13-/m0/s1. The van der Waals surface area contributed by atoms with Gasteiger partial charge in [-0.3, -0.25) is 0 Å². The number of methoxy groups -OCH3 is 1. The van der Waals surface area contributed by atoms with Crippen molar-refractivity contribution in [3.8, 4) is 0 Å². The van der Waals surface area contributed by atoms with Crippen LogP contribution in [-0.4, -0.2) is 13.2 Å². The highest BCUT2D eigenvalue weighted by Crippen LogP contribution is 2.28.